The van der Waals surface area contributed by atoms with Crippen molar-refractivity contribution in [1.82, 2.24) is 19.6 Å². The molecule has 1 amide bonds. The average Bonchev–Trinajstić information content (AvgIpc) is 3.52. The predicted molar refractivity (Wildman–Crippen MR) is 109 cm³/mol. The summed E-state index contributed by atoms with van der Waals surface area (Å²) in [6, 6.07) is 7.95. The summed E-state index contributed by atoms with van der Waals surface area (Å²) < 4.78 is 33.1. The number of carbonyl (C=O) groups excluding carboxylic acids is 1. The van der Waals surface area contributed by atoms with Gasteiger partial charge in [0.1, 0.15) is 18.0 Å². The van der Waals surface area contributed by atoms with Gasteiger partial charge in [-0.3, -0.25) is 14.4 Å². The van der Waals surface area contributed by atoms with E-state index in [0.717, 1.165) is 43.8 Å². The van der Waals surface area contributed by atoms with Crippen molar-refractivity contribution < 1.29 is 18.3 Å². The molecule has 0 bridgehead atoms. The third-order valence-corrected chi connectivity index (χ3v) is 6.06. The van der Waals surface area contributed by atoms with Gasteiger partial charge in [-0.1, -0.05) is 23.7 Å². The number of amides is 1. The SMILES string of the molecule is COc1cccc(CN2CCN(C(=O)Cn3nc(C(F)F)c(Cl)c3C3CC3)CC2)c1. The number of aromatic nitrogens is 2. The Morgan fingerprint density at radius 3 is 2.63 bits per heavy atom. The molecule has 0 spiro atoms. The second-order valence-corrected chi connectivity index (χ2v) is 8.20. The molecule has 9 heteroatoms. The van der Waals surface area contributed by atoms with Crippen LogP contribution in [0.2, 0.25) is 5.02 Å². The minimum Gasteiger partial charge on any atom is -0.497 e. The van der Waals surface area contributed by atoms with E-state index in [2.05, 4.69) is 16.1 Å². The second kappa shape index (κ2) is 8.89. The lowest BCUT2D eigenvalue weighted by molar-refractivity contribution is -0.133. The van der Waals surface area contributed by atoms with Crippen LogP contribution >= 0.6 is 11.6 Å². The predicted octanol–water partition coefficient (Wildman–Crippen LogP) is 3.70. The van der Waals surface area contributed by atoms with Gasteiger partial charge in [0.05, 0.1) is 17.8 Å². The third kappa shape index (κ3) is 4.59. The largest absolute Gasteiger partial charge is 0.497 e. The fourth-order valence-electron chi connectivity index (χ4n) is 3.89. The Bertz CT molecular complexity index is 908. The topological polar surface area (TPSA) is 50.6 Å². The van der Waals surface area contributed by atoms with Crippen molar-refractivity contribution in [2.24, 2.45) is 0 Å². The molecule has 30 heavy (non-hydrogen) atoms. The van der Waals surface area contributed by atoms with Crippen molar-refractivity contribution in [3.8, 4) is 5.75 Å². The van der Waals surface area contributed by atoms with Gasteiger partial charge in [0.15, 0.2) is 0 Å². The number of ether oxygens (including phenoxy) is 1. The zero-order chi connectivity index (χ0) is 21.3. The van der Waals surface area contributed by atoms with E-state index >= 15 is 0 Å². The van der Waals surface area contributed by atoms with Gasteiger partial charge in [-0.15, -0.1) is 0 Å². The van der Waals surface area contributed by atoms with E-state index in [0.29, 0.717) is 18.8 Å². The lowest BCUT2D eigenvalue weighted by Gasteiger charge is -2.35. The van der Waals surface area contributed by atoms with Crippen LogP contribution < -0.4 is 4.74 Å². The van der Waals surface area contributed by atoms with Crippen molar-refractivity contribution in [2.45, 2.75) is 38.3 Å². The molecule has 1 saturated carbocycles. The van der Waals surface area contributed by atoms with Crippen LogP contribution in [0.25, 0.3) is 0 Å². The second-order valence-electron chi connectivity index (χ2n) is 7.83. The maximum Gasteiger partial charge on any atom is 0.283 e. The highest BCUT2D eigenvalue weighted by molar-refractivity contribution is 6.32. The molecule has 2 fully saturated rings. The van der Waals surface area contributed by atoms with E-state index in [4.69, 9.17) is 16.3 Å². The molecule has 1 aromatic carbocycles. The highest BCUT2D eigenvalue weighted by Gasteiger charge is 2.35. The number of hydrogen-bond donors (Lipinski definition) is 0. The number of rotatable bonds is 7. The molecule has 0 unspecified atom stereocenters. The molecule has 1 aliphatic carbocycles. The standard InChI is InChI=1S/C21H25ClF2N4O2/c1-30-16-4-2-3-14(11-16)12-26-7-9-27(10-8-26)17(29)13-28-20(15-5-6-15)18(22)19(25-28)21(23)24/h2-4,11,15,21H,5-10,12-13H2,1H3. The van der Waals surface area contributed by atoms with Gasteiger partial charge >= 0.3 is 0 Å². The van der Waals surface area contributed by atoms with Crippen LogP contribution in [0.1, 0.15) is 42.1 Å². The van der Waals surface area contributed by atoms with Crippen LogP contribution in [0.15, 0.2) is 24.3 Å². The molecule has 0 atom stereocenters. The van der Waals surface area contributed by atoms with Gasteiger partial charge in [-0.25, -0.2) is 8.78 Å². The Balaban J connectivity index is 1.35. The van der Waals surface area contributed by atoms with Crippen molar-refractivity contribution in [3.63, 3.8) is 0 Å². The van der Waals surface area contributed by atoms with Crippen molar-refractivity contribution in [3.05, 3.63) is 46.2 Å². The monoisotopic (exact) mass is 438 g/mol. The first-order valence-electron chi connectivity index (χ1n) is 10.1. The van der Waals surface area contributed by atoms with Crippen molar-refractivity contribution >= 4 is 17.5 Å². The van der Waals surface area contributed by atoms with Crippen LogP contribution in [-0.2, 0) is 17.9 Å². The number of alkyl halides is 2. The zero-order valence-corrected chi connectivity index (χ0v) is 17.6. The number of benzene rings is 1. The Labute approximate surface area is 179 Å². The summed E-state index contributed by atoms with van der Waals surface area (Å²) in [5.41, 5.74) is 1.32. The highest BCUT2D eigenvalue weighted by Crippen LogP contribution is 2.45. The summed E-state index contributed by atoms with van der Waals surface area (Å²) in [6.45, 7) is 3.43. The van der Waals surface area contributed by atoms with Crippen LogP contribution in [0.4, 0.5) is 8.78 Å². The summed E-state index contributed by atoms with van der Waals surface area (Å²) in [5.74, 6) is 0.844. The van der Waals surface area contributed by atoms with E-state index in [1.165, 1.54) is 4.68 Å². The molecule has 1 aliphatic heterocycles. The van der Waals surface area contributed by atoms with Crippen LogP contribution in [0.5, 0.6) is 5.75 Å². The summed E-state index contributed by atoms with van der Waals surface area (Å²) in [5, 5.41) is 3.97. The first-order valence-corrected chi connectivity index (χ1v) is 10.5. The molecule has 1 saturated heterocycles. The van der Waals surface area contributed by atoms with Gasteiger partial charge < -0.3 is 9.64 Å². The average molecular weight is 439 g/mol. The minimum absolute atomic E-state index is 0.0170. The van der Waals surface area contributed by atoms with E-state index in [-0.39, 0.29) is 23.4 Å². The molecule has 2 aliphatic rings. The summed E-state index contributed by atoms with van der Waals surface area (Å²) in [4.78, 5) is 16.9. The zero-order valence-electron chi connectivity index (χ0n) is 16.9. The Morgan fingerprint density at radius 1 is 1.27 bits per heavy atom. The smallest absolute Gasteiger partial charge is 0.283 e. The molecule has 2 aromatic rings. The van der Waals surface area contributed by atoms with Crippen LogP contribution in [0.3, 0.4) is 0 Å². The van der Waals surface area contributed by atoms with E-state index in [1.54, 1.807) is 12.0 Å². The minimum atomic E-state index is -2.74. The maximum atomic E-state index is 13.2. The van der Waals surface area contributed by atoms with Gasteiger partial charge in [0.2, 0.25) is 5.91 Å². The summed E-state index contributed by atoms with van der Waals surface area (Å²) in [7, 11) is 1.65. The number of piperazine rings is 1. The molecular formula is C21H25ClF2N4O2. The molecule has 6 nitrogen and oxygen atoms in total. The van der Waals surface area contributed by atoms with E-state index in [1.807, 2.05) is 18.2 Å². The summed E-state index contributed by atoms with van der Waals surface area (Å²) >= 11 is 6.14. The Kier molecular flexibility index (Phi) is 6.24. The van der Waals surface area contributed by atoms with Gasteiger partial charge in [-0.2, -0.15) is 5.10 Å². The molecule has 162 valence electrons. The molecule has 4 rings (SSSR count). The first-order chi connectivity index (χ1) is 14.5. The van der Waals surface area contributed by atoms with E-state index < -0.39 is 12.1 Å². The highest BCUT2D eigenvalue weighted by atomic mass is 35.5. The first kappa shape index (κ1) is 21.1. The number of carbonyl (C=O) groups is 1. The fourth-order valence-corrected chi connectivity index (χ4v) is 4.26. The lowest BCUT2D eigenvalue weighted by atomic mass is 10.2. The number of methoxy groups -OCH3 is 1. The van der Waals surface area contributed by atoms with Gasteiger partial charge in [-0.05, 0) is 30.5 Å². The van der Waals surface area contributed by atoms with Gasteiger partial charge in [0.25, 0.3) is 6.43 Å². The maximum absolute atomic E-state index is 13.2. The summed E-state index contributed by atoms with van der Waals surface area (Å²) in [6.07, 6.45) is -0.956. The Hall–Kier alpha value is -2.19. The molecule has 1 aromatic heterocycles. The van der Waals surface area contributed by atoms with Crippen molar-refractivity contribution in [1.29, 1.82) is 0 Å². The molecule has 2 heterocycles. The number of hydrogen-bond acceptors (Lipinski definition) is 4. The Morgan fingerprint density at radius 2 is 2.00 bits per heavy atom. The van der Waals surface area contributed by atoms with Crippen molar-refractivity contribution in [2.75, 3.05) is 33.3 Å². The number of halogens is 3. The lowest BCUT2D eigenvalue weighted by Crippen LogP contribution is -2.49. The van der Waals surface area contributed by atoms with Gasteiger partial charge in [0, 0.05) is 38.6 Å². The number of nitrogens with zero attached hydrogens (tertiary/aromatic N) is 4. The third-order valence-electron chi connectivity index (χ3n) is 5.68. The molecule has 0 N–H and O–H groups in total. The van der Waals surface area contributed by atoms with Crippen LogP contribution in [0, 0.1) is 0 Å². The molecule has 0 radical (unpaired) electrons. The quantitative estimate of drug-likeness (QED) is 0.661. The van der Waals surface area contributed by atoms with Crippen LogP contribution in [-0.4, -0.2) is 58.8 Å². The molecular weight excluding hydrogens is 414 g/mol. The van der Waals surface area contributed by atoms with E-state index in [9.17, 15) is 13.6 Å². The normalized spacial score (nSPS) is 17.6. The fraction of sp³-hybridized carbons (Fsp3) is 0.524.